The smallest absolute Gasteiger partial charge is 0.334 e. The number of methoxy groups -OCH3 is 1. The molecule has 1 aromatic carbocycles. The summed E-state index contributed by atoms with van der Waals surface area (Å²) >= 11 is 0. The number of hydrogen-bond acceptors (Lipinski definition) is 5. The highest BCUT2D eigenvalue weighted by Gasteiger charge is 2.17. The van der Waals surface area contributed by atoms with Crippen LogP contribution in [0.2, 0.25) is 0 Å². The summed E-state index contributed by atoms with van der Waals surface area (Å²) in [4.78, 5) is 32.1. The Labute approximate surface area is 108 Å². The van der Waals surface area contributed by atoms with Crippen LogP contribution >= 0.6 is 0 Å². The van der Waals surface area contributed by atoms with Crippen molar-refractivity contribution in [3.63, 3.8) is 0 Å². The standard InChI is InChI=1S/C11H12N2O6/c1-19-9(11(15)16)6-12-10(14)7-2-4-8(5-3-7)13(17)18/h2-5,9H,6H2,1H3,(H,12,14)(H,15,16). The van der Waals surface area contributed by atoms with Gasteiger partial charge in [0.1, 0.15) is 0 Å². The molecule has 0 spiro atoms. The summed E-state index contributed by atoms with van der Waals surface area (Å²) in [6.45, 7) is -0.193. The Hall–Kier alpha value is -2.48. The molecule has 0 fully saturated rings. The third-order valence-corrected chi connectivity index (χ3v) is 2.35. The van der Waals surface area contributed by atoms with Crippen LogP contribution in [0.1, 0.15) is 10.4 Å². The molecule has 0 aliphatic heterocycles. The van der Waals surface area contributed by atoms with Gasteiger partial charge in [-0.2, -0.15) is 0 Å². The van der Waals surface area contributed by atoms with Gasteiger partial charge in [-0.15, -0.1) is 0 Å². The zero-order valence-corrected chi connectivity index (χ0v) is 10.0. The van der Waals surface area contributed by atoms with E-state index >= 15 is 0 Å². The van der Waals surface area contributed by atoms with Crippen molar-refractivity contribution in [2.45, 2.75) is 6.10 Å². The number of non-ortho nitro benzene ring substituents is 1. The van der Waals surface area contributed by atoms with Crippen molar-refractivity contribution in [3.05, 3.63) is 39.9 Å². The van der Waals surface area contributed by atoms with E-state index in [-0.39, 0.29) is 17.8 Å². The van der Waals surface area contributed by atoms with Gasteiger partial charge in [-0.1, -0.05) is 0 Å². The molecule has 2 N–H and O–H groups in total. The fraction of sp³-hybridized carbons (Fsp3) is 0.273. The Bertz CT molecular complexity index is 484. The first-order valence-electron chi connectivity index (χ1n) is 5.24. The molecule has 0 aliphatic carbocycles. The maximum absolute atomic E-state index is 11.6. The second-order valence-electron chi connectivity index (χ2n) is 3.58. The molecule has 8 nitrogen and oxygen atoms in total. The van der Waals surface area contributed by atoms with Crippen molar-refractivity contribution in [1.82, 2.24) is 5.32 Å². The van der Waals surface area contributed by atoms with E-state index < -0.39 is 22.9 Å². The lowest BCUT2D eigenvalue weighted by molar-refractivity contribution is -0.384. The van der Waals surface area contributed by atoms with Gasteiger partial charge in [0.2, 0.25) is 0 Å². The highest BCUT2D eigenvalue weighted by Crippen LogP contribution is 2.11. The maximum atomic E-state index is 11.6. The zero-order valence-electron chi connectivity index (χ0n) is 10.0. The second kappa shape index (κ2) is 6.45. The molecule has 19 heavy (non-hydrogen) atoms. The van der Waals surface area contributed by atoms with Crippen LogP contribution in [0, 0.1) is 10.1 Å². The average molecular weight is 268 g/mol. The largest absolute Gasteiger partial charge is 0.479 e. The van der Waals surface area contributed by atoms with Gasteiger partial charge in [0.05, 0.1) is 11.5 Å². The molecular weight excluding hydrogens is 256 g/mol. The van der Waals surface area contributed by atoms with Crippen LogP contribution in [0.25, 0.3) is 0 Å². The number of rotatable bonds is 6. The summed E-state index contributed by atoms with van der Waals surface area (Å²) in [5, 5.41) is 21.5. The van der Waals surface area contributed by atoms with Crippen molar-refractivity contribution < 1.29 is 24.4 Å². The highest BCUT2D eigenvalue weighted by molar-refractivity contribution is 5.94. The van der Waals surface area contributed by atoms with E-state index in [9.17, 15) is 19.7 Å². The minimum atomic E-state index is -1.19. The highest BCUT2D eigenvalue weighted by atomic mass is 16.6. The fourth-order valence-electron chi connectivity index (χ4n) is 1.29. The number of nitrogens with one attached hydrogen (secondary N) is 1. The number of carbonyl (C=O) groups is 2. The van der Waals surface area contributed by atoms with Crippen molar-refractivity contribution in [2.75, 3.05) is 13.7 Å². The Morgan fingerprint density at radius 3 is 2.42 bits per heavy atom. The summed E-state index contributed by atoms with van der Waals surface area (Å²) < 4.78 is 4.65. The number of nitro groups is 1. The predicted octanol–water partition coefficient (Wildman–Crippen LogP) is 0.424. The molecule has 1 amide bonds. The van der Waals surface area contributed by atoms with E-state index in [4.69, 9.17) is 5.11 Å². The molecule has 0 aliphatic rings. The first kappa shape index (κ1) is 14.6. The number of nitrogens with zero attached hydrogens (tertiary/aromatic N) is 1. The van der Waals surface area contributed by atoms with E-state index in [0.29, 0.717) is 0 Å². The molecule has 102 valence electrons. The van der Waals surface area contributed by atoms with Crippen molar-refractivity contribution in [1.29, 1.82) is 0 Å². The quantitative estimate of drug-likeness (QED) is 0.570. The molecule has 1 aromatic rings. The first-order chi connectivity index (χ1) is 8.95. The fourth-order valence-corrected chi connectivity index (χ4v) is 1.29. The van der Waals surface area contributed by atoms with Crippen LogP contribution in [0.3, 0.4) is 0 Å². The van der Waals surface area contributed by atoms with E-state index in [0.717, 1.165) is 0 Å². The first-order valence-corrected chi connectivity index (χ1v) is 5.24. The van der Waals surface area contributed by atoms with Gasteiger partial charge >= 0.3 is 5.97 Å². The minimum Gasteiger partial charge on any atom is -0.479 e. The molecule has 0 saturated heterocycles. The number of aliphatic carboxylic acids is 1. The van der Waals surface area contributed by atoms with Gasteiger partial charge in [-0.25, -0.2) is 4.79 Å². The molecule has 8 heteroatoms. The number of carboxylic acid groups (broad SMARTS) is 1. The molecular formula is C11H12N2O6. The number of nitro benzene ring substituents is 1. The molecule has 0 heterocycles. The molecule has 1 unspecified atom stereocenters. The van der Waals surface area contributed by atoms with Crippen LogP contribution in [-0.2, 0) is 9.53 Å². The van der Waals surface area contributed by atoms with Crippen LogP contribution in [0.5, 0.6) is 0 Å². The SMILES string of the molecule is COC(CNC(=O)c1ccc([N+](=O)[O-])cc1)C(=O)O. The van der Waals surface area contributed by atoms with Gasteiger partial charge in [0.25, 0.3) is 11.6 Å². The number of carboxylic acids is 1. The van der Waals surface area contributed by atoms with E-state index in [1.54, 1.807) is 0 Å². The molecule has 1 atom stereocenters. The number of carbonyl (C=O) groups excluding carboxylic acids is 1. The van der Waals surface area contributed by atoms with E-state index in [2.05, 4.69) is 10.1 Å². The zero-order chi connectivity index (χ0) is 14.4. The van der Waals surface area contributed by atoms with E-state index in [1.165, 1.54) is 31.4 Å². The van der Waals surface area contributed by atoms with Crippen LogP contribution in [-0.4, -0.2) is 41.7 Å². The van der Waals surface area contributed by atoms with Crippen molar-refractivity contribution in [3.8, 4) is 0 Å². The van der Waals surface area contributed by atoms with Crippen LogP contribution in [0.15, 0.2) is 24.3 Å². The van der Waals surface area contributed by atoms with Crippen LogP contribution in [0.4, 0.5) is 5.69 Å². The summed E-state index contributed by atoms with van der Waals surface area (Å²) in [5.74, 6) is -1.72. The minimum absolute atomic E-state index is 0.128. The lowest BCUT2D eigenvalue weighted by Crippen LogP contribution is -2.37. The third kappa shape index (κ3) is 4.03. The van der Waals surface area contributed by atoms with Crippen molar-refractivity contribution in [2.24, 2.45) is 0 Å². The third-order valence-electron chi connectivity index (χ3n) is 2.35. The molecule has 0 bridgehead atoms. The topological polar surface area (TPSA) is 119 Å². The maximum Gasteiger partial charge on any atom is 0.334 e. The lowest BCUT2D eigenvalue weighted by Gasteiger charge is -2.11. The number of ether oxygens (including phenoxy) is 1. The van der Waals surface area contributed by atoms with Gasteiger partial charge in [0.15, 0.2) is 6.10 Å². The second-order valence-corrected chi connectivity index (χ2v) is 3.58. The van der Waals surface area contributed by atoms with E-state index in [1.807, 2.05) is 0 Å². The average Bonchev–Trinajstić information content (AvgIpc) is 2.38. The number of amides is 1. The summed E-state index contributed by atoms with van der Waals surface area (Å²) in [5.41, 5.74) is 0.0719. The number of benzene rings is 1. The summed E-state index contributed by atoms with van der Waals surface area (Å²) in [6, 6.07) is 4.96. The summed E-state index contributed by atoms with van der Waals surface area (Å²) in [7, 11) is 1.22. The van der Waals surface area contributed by atoms with Gasteiger partial charge in [-0.3, -0.25) is 14.9 Å². The molecule has 0 aromatic heterocycles. The van der Waals surface area contributed by atoms with Gasteiger partial charge < -0.3 is 15.2 Å². The Morgan fingerprint density at radius 1 is 1.42 bits per heavy atom. The molecule has 0 saturated carbocycles. The normalized spacial score (nSPS) is 11.6. The van der Waals surface area contributed by atoms with Gasteiger partial charge in [-0.05, 0) is 12.1 Å². The summed E-state index contributed by atoms with van der Waals surface area (Å²) in [6.07, 6.45) is -1.14. The number of hydrogen-bond donors (Lipinski definition) is 2. The van der Waals surface area contributed by atoms with Gasteiger partial charge in [0, 0.05) is 24.8 Å². The molecule has 0 radical (unpaired) electrons. The molecule has 1 rings (SSSR count). The monoisotopic (exact) mass is 268 g/mol. The lowest BCUT2D eigenvalue weighted by atomic mass is 10.2. The Morgan fingerprint density at radius 2 is 2.00 bits per heavy atom. The Balaban J connectivity index is 2.63. The van der Waals surface area contributed by atoms with Crippen LogP contribution < -0.4 is 5.32 Å². The Kier molecular flexibility index (Phi) is 4.95. The predicted molar refractivity (Wildman–Crippen MR) is 63.9 cm³/mol. The van der Waals surface area contributed by atoms with Crippen molar-refractivity contribution >= 4 is 17.6 Å².